The molecule has 4 heterocycles. The first-order valence-corrected chi connectivity index (χ1v) is 13.9. The number of hydrogen-bond acceptors (Lipinski definition) is 8. The van der Waals surface area contributed by atoms with Gasteiger partial charge in [0, 0.05) is 60.3 Å². The number of rotatable bonds is 7. The van der Waals surface area contributed by atoms with Crippen molar-refractivity contribution in [3.63, 3.8) is 0 Å². The molecule has 3 aromatic carbocycles. The molecule has 2 aromatic heterocycles. The Morgan fingerprint density at radius 1 is 0.929 bits per heavy atom. The first kappa shape index (κ1) is 26.0. The first-order valence-electron chi connectivity index (χ1n) is 13.9. The second kappa shape index (κ2) is 9.60. The zero-order valence-electron chi connectivity index (χ0n) is 23.4. The number of methoxy groups -OCH3 is 1. The molecule has 2 aliphatic rings. The van der Waals surface area contributed by atoms with Gasteiger partial charge >= 0.3 is 0 Å². The zero-order chi connectivity index (χ0) is 29.2. The smallest absolute Gasteiger partial charge is 0.272 e. The van der Waals surface area contributed by atoms with Gasteiger partial charge in [-0.05, 0) is 30.2 Å². The van der Waals surface area contributed by atoms with Crippen molar-refractivity contribution in [1.82, 2.24) is 14.9 Å². The molecule has 2 aliphatic heterocycles. The molecule has 0 radical (unpaired) electrons. The molecule has 210 valence electrons. The van der Waals surface area contributed by atoms with Gasteiger partial charge in [-0.25, -0.2) is 9.97 Å². The number of pyridine rings is 2. The van der Waals surface area contributed by atoms with Crippen LogP contribution >= 0.6 is 0 Å². The van der Waals surface area contributed by atoms with Gasteiger partial charge in [0.05, 0.1) is 18.3 Å². The lowest BCUT2D eigenvalue weighted by Gasteiger charge is -2.61. The van der Waals surface area contributed by atoms with E-state index in [1.807, 2.05) is 30.0 Å². The molecule has 7 rings (SSSR count). The number of amides is 1. The maximum absolute atomic E-state index is 12.0. The number of nitrogens with two attached hydrogens (primary N) is 1. The summed E-state index contributed by atoms with van der Waals surface area (Å²) in [4.78, 5) is 49.3. The molecule has 2 saturated heterocycles. The largest absolute Gasteiger partial charge is 0.491 e. The van der Waals surface area contributed by atoms with E-state index < -0.39 is 16.8 Å². The van der Waals surface area contributed by atoms with Crippen LogP contribution in [0.25, 0.3) is 33.3 Å². The number of primary amides is 1. The second-order valence-corrected chi connectivity index (χ2v) is 11.5. The van der Waals surface area contributed by atoms with E-state index in [1.165, 1.54) is 12.7 Å². The number of ether oxygens (including phenoxy) is 1. The van der Waals surface area contributed by atoms with Crippen LogP contribution in [-0.2, 0) is 6.54 Å². The molecule has 2 N–H and O–H groups in total. The molecule has 5 aromatic rings. The standard InChI is InChI=1S/C33H29N5O4/c1-19-23-12-24(21-6-4-3-5-7-21)27(36-25(23)13-26(35-19)32(34)41)22-10-8-20(9-11-22)14-37-15-33(16-37)17-38(18-33)28-29(39)30(40)31(28)42-2/h3-13H,14-18H2,1-2H3,(H2,34,41). The third-order valence-electron chi connectivity index (χ3n) is 8.51. The fourth-order valence-corrected chi connectivity index (χ4v) is 6.51. The van der Waals surface area contributed by atoms with E-state index in [0.29, 0.717) is 16.9 Å². The summed E-state index contributed by atoms with van der Waals surface area (Å²) in [6, 6.07) is 22.3. The van der Waals surface area contributed by atoms with Gasteiger partial charge in [-0.15, -0.1) is 0 Å². The molecule has 9 heteroatoms. The van der Waals surface area contributed by atoms with Crippen molar-refractivity contribution < 1.29 is 9.53 Å². The average molecular weight is 560 g/mol. The number of hydrogen-bond donors (Lipinski definition) is 1. The number of aromatic nitrogens is 2. The summed E-state index contributed by atoms with van der Waals surface area (Å²) in [5.41, 5.74) is 11.8. The summed E-state index contributed by atoms with van der Waals surface area (Å²) in [6.07, 6.45) is 0. The Kier molecular flexibility index (Phi) is 5.95. The van der Waals surface area contributed by atoms with E-state index in [2.05, 4.69) is 52.3 Å². The molecule has 0 bridgehead atoms. The van der Waals surface area contributed by atoms with Crippen LogP contribution in [0, 0.1) is 12.3 Å². The Morgan fingerprint density at radius 2 is 1.64 bits per heavy atom. The molecule has 0 unspecified atom stereocenters. The zero-order valence-corrected chi connectivity index (χ0v) is 23.4. The van der Waals surface area contributed by atoms with Gasteiger partial charge in [0.15, 0.2) is 5.75 Å². The van der Waals surface area contributed by atoms with Gasteiger partial charge in [0.25, 0.3) is 16.8 Å². The number of nitrogens with zero attached hydrogens (tertiary/aromatic N) is 4. The maximum Gasteiger partial charge on any atom is 0.272 e. The minimum Gasteiger partial charge on any atom is -0.491 e. The fourth-order valence-electron chi connectivity index (χ4n) is 6.51. The molecule has 1 spiro atoms. The lowest BCUT2D eigenvalue weighted by molar-refractivity contribution is -0.0276. The predicted molar refractivity (Wildman–Crippen MR) is 161 cm³/mol. The van der Waals surface area contributed by atoms with Crippen LogP contribution in [0.3, 0.4) is 0 Å². The molecule has 0 atom stereocenters. The highest BCUT2D eigenvalue weighted by molar-refractivity contribution is 5.98. The summed E-state index contributed by atoms with van der Waals surface area (Å²) in [5.74, 6) is -0.381. The average Bonchev–Trinajstić information content (AvgIpc) is 2.96. The van der Waals surface area contributed by atoms with Gasteiger partial charge in [0.2, 0.25) is 0 Å². The van der Waals surface area contributed by atoms with Crippen molar-refractivity contribution >= 4 is 22.5 Å². The highest BCUT2D eigenvalue weighted by Gasteiger charge is 2.53. The third-order valence-corrected chi connectivity index (χ3v) is 8.51. The van der Waals surface area contributed by atoms with Gasteiger partial charge in [-0.2, -0.15) is 0 Å². The predicted octanol–water partition coefficient (Wildman–Crippen LogP) is 3.30. The summed E-state index contributed by atoms with van der Waals surface area (Å²) in [7, 11) is 1.43. The van der Waals surface area contributed by atoms with Crippen LogP contribution in [-0.4, -0.2) is 54.1 Å². The van der Waals surface area contributed by atoms with Crippen molar-refractivity contribution in [3.05, 3.63) is 104 Å². The van der Waals surface area contributed by atoms with Crippen molar-refractivity contribution in [1.29, 1.82) is 0 Å². The summed E-state index contributed by atoms with van der Waals surface area (Å²) >= 11 is 0. The summed E-state index contributed by atoms with van der Waals surface area (Å²) < 4.78 is 5.10. The molecule has 2 fully saturated rings. The Balaban J connectivity index is 1.10. The lowest BCUT2D eigenvalue weighted by atomic mass is 9.72. The van der Waals surface area contributed by atoms with Crippen LogP contribution in [0.4, 0.5) is 5.69 Å². The summed E-state index contributed by atoms with van der Waals surface area (Å²) in [6.45, 7) is 6.13. The van der Waals surface area contributed by atoms with E-state index in [9.17, 15) is 14.4 Å². The topological polar surface area (TPSA) is 119 Å². The number of carbonyl (C=O) groups is 1. The van der Waals surface area contributed by atoms with Crippen molar-refractivity contribution in [2.75, 3.05) is 38.2 Å². The van der Waals surface area contributed by atoms with Crippen molar-refractivity contribution in [3.8, 4) is 28.1 Å². The van der Waals surface area contributed by atoms with Crippen LogP contribution < -0.4 is 26.2 Å². The minimum atomic E-state index is -0.578. The van der Waals surface area contributed by atoms with E-state index in [0.717, 1.165) is 60.5 Å². The van der Waals surface area contributed by atoms with E-state index in [4.69, 9.17) is 15.5 Å². The highest BCUT2D eigenvalue weighted by atomic mass is 16.5. The van der Waals surface area contributed by atoms with Gasteiger partial charge in [-0.1, -0.05) is 54.6 Å². The SMILES string of the molecule is COc1c(N2CC3(CN(Cc4ccc(-c5nc6cc(C(N)=O)nc(C)c6cc5-c5ccccc5)cc4)C3)C2)c(=O)c1=O. The Morgan fingerprint density at radius 3 is 2.31 bits per heavy atom. The molecule has 0 saturated carbocycles. The number of carbonyl (C=O) groups excluding carboxylic acids is 1. The Labute approximate surface area is 241 Å². The fraction of sp³-hybridized carbons (Fsp3) is 0.242. The highest BCUT2D eigenvalue weighted by Crippen LogP contribution is 2.43. The number of anilines is 1. The Bertz CT molecular complexity index is 1930. The van der Waals surface area contributed by atoms with Crippen molar-refractivity contribution in [2.45, 2.75) is 13.5 Å². The third kappa shape index (κ3) is 4.16. The van der Waals surface area contributed by atoms with E-state index in [1.54, 1.807) is 6.07 Å². The maximum atomic E-state index is 12.0. The molecular weight excluding hydrogens is 530 g/mol. The quantitative estimate of drug-likeness (QED) is 0.302. The first-order chi connectivity index (χ1) is 20.2. The normalized spacial score (nSPS) is 16.0. The molecule has 0 aliphatic carbocycles. The van der Waals surface area contributed by atoms with Crippen molar-refractivity contribution in [2.24, 2.45) is 11.1 Å². The van der Waals surface area contributed by atoms with Crippen LogP contribution in [0.1, 0.15) is 21.7 Å². The second-order valence-electron chi connectivity index (χ2n) is 11.5. The number of fused-ring (bicyclic) bond motifs is 1. The number of benzene rings is 2. The van der Waals surface area contributed by atoms with E-state index >= 15 is 0 Å². The summed E-state index contributed by atoms with van der Waals surface area (Å²) in [5, 5.41) is 0.878. The number of aryl methyl sites for hydroxylation is 1. The van der Waals surface area contributed by atoms with Gasteiger partial charge < -0.3 is 15.4 Å². The molecule has 42 heavy (non-hydrogen) atoms. The van der Waals surface area contributed by atoms with Gasteiger partial charge in [0.1, 0.15) is 11.4 Å². The lowest BCUT2D eigenvalue weighted by Crippen LogP contribution is -2.73. The van der Waals surface area contributed by atoms with Gasteiger partial charge in [-0.3, -0.25) is 19.3 Å². The van der Waals surface area contributed by atoms with Crippen LogP contribution in [0.15, 0.2) is 76.3 Å². The van der Waals surface area contributed by atoms with E-state index in [-0.39, 0.29) is 16.9 Å². The molecule has 1 amide bonds. The van der Waals surface area contributed by atoms with Crippen LogP contribution in [0.5, 0.6) is 5.75 Å². The van der Waals surface area contributed by atoms with Crippen LogP contribution in [0.2, 0.25) is 0 Å². The molecular formula is C33H29N5O4. The monoisotopic (exact) mass is 559 g/mol. The molecule has 9 nitrogen and oxygen atoms in total. The minimum absolute atomic E-state index is 0.168. The number of likely N-dealkylation sites (tertiary alicyclic amines) is 1. The Hall–Kier alpha value is -4.89.